The fourth-order valence-corrected chi connectivity index (χ4v) is 3.91. The first-order chi connectivity index (χ1) is 10.6. The van der Waals surface area contributed by atoms with Crippen LogP contribution in [0.25, 0.3) is 0 Å². The molecule has 2 fully saturated rings. The molecule has 0 spiro atoms. The number of likely N-dealkylation sites (N-methyl/N-ethyl adjacent to an activating group) is 1. The minimum Gasteiger partial charge on any atom is -1.00 e. The van der Waals surface area contributed by atoms with Crippen molar-refractivity contribution in [3.8, 4) is 0 Å². The van der Waals surface area contributed by atoms with Gasteiger partial charge in [-0.05, 0) is 5.56 Å². The summed E-state index contributed by atoms with van der Waals surface area (Å²) in [4.78, 5) is 13.7. The van der Waals surface area contributed by atoms with Crippen molar-refractivity contribution in [1.29, 1.82) is 0 Å². The van der Waals surface area contributed by atoms with Gasteiger partial charge in [-0.3, -0.25) is 4.79 Å². The zero-order chi connectivity index (χ0) is 15.7. The van der Waals surface area contributed by atoms with Gasteiger partial charge >= 0.3 is 5.97 Å². The Morgan fingerprint density at radius 3 is 2.61 bits per heavy atom. The Balaban J connectivity index is 0.00000192. The minimum absolute atomic E-state index is 0. The first-order valence-electron chi connectivity index (χ1n) is 7.97. The van der Waals surface area contributed by atoms with E-state index >= 15 is 0 Å². The number of carbonyl (C=O) groups is 1. The van der Waals surface area contributed by atoms with Crippen LogP contribution in [0.3, 0.4) is 0 Å². The third-order valence-electron chi connectivity index (χ3n) is 5.24. The van der Waals surface area contributed by atoms with Crippen LogP contribution in [-0.2, 0) is 9.53 Å². The fourth-order valence-electron chi connectivity index (χ4n) is 3.91. The monoisotopic (exact) mass is 385 g/mol. The van der Waals surface area contributed by atoms with Crippen LogP contribution in [0.1, 0.15) is 30.7 Å². The second-order valence-electron chi connectivity index (χ2n) is 6.53. The van der Waals surface area contributed by atoms with Crippen LogP contribution in [0.4, 0.5) is 0 Å². The van der Waals surface area contributed by atoms with Crippen molar-refractivity contribution in [1.82, 2.24) is 0 Å². The number of benzene rings is 1. The highest BCUT2D eigenvalue weighted by molar-refractivity contribution is 5.78. The molecular formula is C17H24BrNO4. The van der Waals surface area contributed by atoms with Gasteiger partial charge in [-0.15, -0.1) is 0 Å². The van der Waals surface area contributed by atoms with Crippen molar-refractivity contribution >= 4 is 5.97 Å². The second-order valence-corrected chi connectivity index (χ2v) is 6.53. The lowest BCUT2D eigenvalue weighted by atomic mass is 9.98. The molecule has 1 aromatic rings. The van der Waals surface area contributed by atoms with Gasteiger partial charge in [0.15, 0.2) is 0 Å². The predicted molar refractivity (Wildman–Crippen MR) is 80.5 cm³/mol. The third kappa shape index (κ3) is 3.76. The largest absolute Gasteiger partial charge is 1.00 e. The first-order valence-corrected chi connectivity index (χ1v) is 7.97. The molecule has 0 radical (unpaired) electrons. The highest BCUT2D eigenvalue weighted by Crippen LogP contribution is 2.27. The van der Waals surface area contributed by atoms with Crippen molar-refractivity contribution in [2.75, 3.05) is 13.7 Å². The highest BCUT2D eigenvalue weighted by atomic mass is 79.9. The Hall–Kier alpha value is -0.950. The number of fused-ring (bicyclic) bond motifs is 2. The SMILES string of the molecule is C[NH+]1C2CC(OC(=O)C(CO)c3ccccc3)CC1C(O)C2.[Br-]. The van der Waals surface area contributed by atoms with Crippen LogP contribution in [0.15, 0.2) is 30.3 Å². The van der Waals surface area contributed by atoms with Gasteiger partial charge in [0.25, 0.3) is 0 Å². The summed E-state index contributed by atoms with van der Waals surface area (Å²) in [5.74, 6) is -0.997. The van der Waals surface area contributed by atoms with Crippen LogP contribution < -0.4 is 21.9 Å². The minimum atomic E-state index is -0.629. The van der Waals surface area contributed by atoms with Crippen LogP contribution in [0.5, 0.6) is 0 Å². The fraction of sp³-hybridized carbons (Fsp3) is 0.588. The Kier molecular flexibility index (Phi) is 6.19. The molecule has 0 amide bonds. The lowest BCUT2D eigenvalue weighted by Gasteiger charge is -2.33. The number of ether oxygens (including phenoxy) is 1. The Bertz CT molecular complexity index is 527. The summed E-state index contributed by atoms with van der Waals surface area (Å²) in [6.07, 6.45) is 1.82. The molecular weight excluding hydrogens is 362 g/mol. The smallest absolute Gasteiger partial charge is 0.316 e. The molecule has 2 bridgehead atoms. The summed E-state index contributed by atoms with van der Waals surface area (Å²) in [6.45, 7) is -0.254. The van der Waals surface area contributed by atoms with Gasteiger partial charge in [0, 0.05) is 19.3 Å². The second kappa shape index (κ2) is 7.75. The summed E-state index contributed by atoms with van der Waals surface area (Å²) < 4.78 is 5.65. The molecule has 0 aromatic heterocycles. The number of piperidine rings is 1. The molecule has 1 aromatic carbocycles. The molecule has 2 aliphatic heterocycles. The van der Waals surface area contributed by atoms with E-state index in [1.54, 1.807) is 0 Å². The first kappa shape index (κ1) is 18.4. The summed E-state index contributed by atoms with van der Waals surface area (Å²) in [7, 11) is 2.10. The number of nitrogens with one attached hydrogen (secondary N) is 1. The maximum atomic E-state index is 12.4. The van der Waals surface area contributed by atoms with E-state index in [9.17, 15) is 15.0 Å². The van der Waals surface area contributed by atoms with Gasteiger partial charge < -0.3 is 36.8 Å². The van der Waals surface area contributed by atoms with E-state index in [0.717, 1.165) is 18.4 Å². The maximum Gasteiger partial charge on any atom is 0.316 e. The van der Waals surface area contributed by atoms with E-state index in [1.807, 2.05) is 30.3 Å². The topological polar surface area (TPSA) is 71.2 Å². The standard InChI is InChI=1S/C17H23NO4.BrH/c1-18-12-7-13(9-15(18)16(20)8-12)22-17(21)14(10-19)11-5-3-2-4-6-11;/h2-6,12-16,19-20H,7-10H2,1H3;1H. The molecule has 2 aliphatic rings. The molecule has 6 atom stereocenters. The number of aliphatic hydroxyl groups excluding tert-OH is 2. The highest BCUT2D eigenvalue weighted by Gasteiger charge is 2.49. The number of rotatable bonds is 4. The van der Waals surface area contributed by atoms with Crippen LogP contribution >= 0.6 is 0 Å². The molecule has 3 rings (SSSR count). The van der Waals surface area contributed by atoms with Gasteiger partial charge in [0.05, 0.1) is 19.7 Å². The average molecular weight is 386 g/mol. The van der Waals surface area contributed by atoms with Crippen LogP contribution in [-0.4, -0.2) is 54.1 Å². The molecule has 23 heavy (non-hydrogen) atoms. The Morgan fingerprint density at radius 2 is 2.00 bits per heavy atom. The maximum absolute atomic E-state index is 12.4. The van der Waals surface area contributed by atoms with E-state index in [0.29, 0.717) is 12.5 Å². The van der Waals surface area contributed by atoms with Crippen molar-refractivity contribution < 1.29 is 41.6 Å². The van der Waals surface area contributed by atoms with Crippen LogP contribution in [0.2, 0.25) is 0 Å². The van der Waals surface area contributed by atoms with E-state index in [2.05, 4.69) is 7.05 Å². The molecule has 128 valence electrons. The van der Waals surface area contributed by atoms with Crippen molar-refractivity contribution in [2.24, 2.45) is 0 Å². The molecule has 2 saturated heterocycles. The quantitative estimate of drug-likeness (QED) is 0.470. The van der Waals surface area contributed by atoms with Crippen LogP contribution in [0, 0.1) is 0 Å². The molecule has 3 N–H and O–H groups in total. The van der Waals surface area contributed by atoms with Gasteiger partial charge in [0.1, 0.15) is 24.2 Å². The number of hydrogen-bond donors (Lipinski definition) is 3. The summed E-state index contributed by atoms with van der Waals surface area (Å²) >= 11 is 0. The van der Waals surface area contributed by atoms with E-state index in [4.69, 9.17) is 4.74 Å². The number of carbonyl (C=O) groups excluding carboxylic acids is 1. The van der Waals surface area contributed by atoms with E-state index in [-0.39, 0.29) is 47.8 Å². The number of aliphatic hydroxyl groups is 2. The summed E-state index contributed by atoms with van der Waals surface area (Å²) in [6, 6.07) is 9.74. The number of hydrogen-bond acceptors (Lipinski definition) is 4. The predicted octanol–water partition coefficient (Wildman–Crippen LogP) is -3.51. The van der Waals surface area contributed by atoms with Gasteiger partial charge in [0.2, 0.25) is 0 Å². The van der Waals surface area contributed by atoms with E-state index < -0.39 is 5.92 Å². The lowest BCUT2D eigenvalue weighted by Crippen LogP contribution is -3.16. The van der Waals surface area contributed by atoms with E-state index in [1.165, 1.54) is 4.90 Å². The lowest BCUT2D eigenvalue weighted by molar-refractivity contribution is -0.924. The Labute approximate surface area is 147 Å². The Morgan fingerprint density at radius 1 is 1.30 bits per heavy atom. The number of halogens is 1. The average Bonchev–Trinajstić information content (AvgIpc) is 2.68. The van der Waals surface area contributed by atoms with Gasteiger partial charge in [-0.2, -0.15) is 0 Å². The van der Waals surface area contributed by atoms with Crippen molar-refractivity contribution in [2.45, 2.75) is 49.5 Å². The zero-order valence-electron chi connectivity index (χ0n) is 13.2. The third-order valence-corrected chi connectivity index (χ3v) is 5.24. The summed E-state index contributed by atoms with van der Waals surface area (Å²) in [5.41, 5.74) is 0.775. The summed E-state index contributed by atoms with van der Waals surface area (Å²) in [5, 5.41) is 19.6. The molecule has 0 aliphatic carbocycles. The zero-order valence-corrected chi connectivity index (χ0v) is 14.8. The molecule has 0 saturated carbocycles. The molecule has 6 heteroatoms. The van der Waals surface area contributed by atoms with Gasteiger partial charge in [-0.25, -0.2) is 0 Å². The van der Waals surface area contributed by atoms with Crippen molar-refractivity contribution in [3.63, 3.8) is 0 Å². The number of esters is 1. The normalized spacial score (nSPS) is 33.6. The molecule has 6 unspecified atom stereocenters. The molecule has 2 heterocycles. The van der Waals surface area contributed by atoms with Crippen molar-refractivity contribution in [3.05, 3.63) is 35.9 Å². The van der Waals surface area contributed by atoms with Gasteiger partial charge in [-0.1, -0.05) is 30.3 Å². The molecule has 5 nitrogen and oxygen atoms in total. The number of quaternary nitrogens is 1.